The standard InChI is InChI=1S/C11H17ClN4/c1-7-5-16(6-8(2)15-7)11-3-10(13)9(12)4-14-11/h3-4,7-8,15H,5-6H2,1-2H3,(H2,13,14)/t7-,8+. The first-order valence-electron chi connectivity index (χ1n) is 5.48. The Labute approximate surface area is 101 Å². The molecule has 0 unspecified atom stereocenters. The number of pyridine rings is 1. The van der Waals surface area contributed by atoms with E-state index in [-0.39, 0.29) is 0 Å². The molecule has 0 radical (unpaired) electrons. The van der Waals surface area contributed by atoms with Gasteiger partial charge >= 0.3 is 0 Å². The second-order valence-electron chi connectivity index (χ2n) is 4.44. The summed E-state index contributed by atoms with van der Waals surface area (Å²) >= 11 is 5.86. The molecule has 1 aromatic heterocycles. The van der Waals surface area contributed by atoms with Crippen molar-refractivity contribution >= 4 is 23.1 Å². The topological polar surface area (TPSA) is 54.2 Å². The predicted molar refractivity (Wildman–Crippen MR) is 67.9 cm³/mol. The summed E-state index contributed by atoms with van der Waals surface area (Å²) in [5.74, 6) is 0.905. The largest absolute Gasteiger partial charge is 0.397 e. The number of rotatable bonds is 1. The van der Waals surface area contributed by atoms with E-state index in [9.17, 15) is 0 Å². The molecule has 2 atom stereocenters. The summed E-state index contributed by atoms with van der Waals surface area (Å²) in [6, 6.07) is 2.76. The smallest absolute Gasteiger partial charge is 0.130 e. The van der Waals surface area contributed by atoms with E-state index in [0.29, 0.717) is 22.8 Å². The average Bonchev–Trinajstić information content (AvgIpc) is 2.20. The van der Waals surface area contributed by atoms with Crippen LogP contribution in [0.15, 0.2) is 12.3 Å². The fourth-order valence-electron chi connectivity index (χ4n) is 2.13. The maximum absolute atomic E-state index is 5.86. The van der Waals surface area contributed by atoms with Crippen molar-refractivity contribution in [1.82, 2.24) is 10.3 Å². The van der Waals surface area contributed by atoms with E-state index in [1.54, 1.807) is 6.20 Å². The first-order valence-corrected chi connectivity index (χ1v) is 5.86. The molecule has 0 saturated carbocycles. The fourth-order valence-corrected chi connectivity index (χ4v) is 2.23. The lowest BCUT2D eigenvalue weighted by Crippen LogP contribution is -2.54. The van der Waals surface area contributed by atoms with Crippen molar-refractivity contribution in [1.29, 1.82) is 0 Å². The third-order valence-corrected chi connectivity index (χ3v) is 3.07. The Kier molecular flexibility index (Phi) is 3.21. The summed E-state index contributed by atoms with van der Waals surface area (Å²) in [5.41, 5.74) is 6.37. The van der Waals surface area contributed by atoms with Crippen molar-refractivity contribution < 1.29 is 0 Å². The van der Waals surface area contributed by atoms with Gasteiger partial charge in [-0.15, -0.1) is 0 Å². The molecular formula is C11H17ClN4. The number of anilines is 2. The van der Waals surface area contributed by atoms with Crippen LogP contribution in [-0.2, 0) is 0 Å². The Morgan fingerprint density at radius 3 is 2.62 bits per heavy atom. The number of halogens is 1. The average molecular weight is 241 g/mol. The number of hydrogen-bond acceptors (Lipinski definition) is 4. The molecule has 1 aliphatic heterocycles. The van der Waals surface area contributed by atoms with Gasteiger partial charge < -0.3 is 16.0 Å². The number of piperazine rings is 1. The zero-order valence-electron chi connectivity index (χ0n) is 9.57. The summed E-state index contributed by atoms with van der Waals surface area (Å²) in [4.78, 5) is 6.55. The van der Waals surface area contributed by atoms with E-state index in [2.05, 4.69) is 29.0 Å². The minimum absolute atomic E-state index is 0.461. The Morgan fingerprint density at radius 2 is 2.06 bits per heavy atom. The number of aromatic nitrogens is 1. The Morgan fingerprint density at radius 1 is 1.44 bits per heavy atom. The van der Waals surface area contributed by atoms with E-state index < -0.39 is 0 Å². The highest BCUT2D eigenvalue weighted by atomic mass is 35.5. The van der Waals surface area contributed by atoms with Crippen LogP contribution in [-0.4, -0.2) is 30.2 Å². The first-order chi connectivity index (χ1) is 7.56. The van der Waals surface area contributed by atoms with E-state index in [1.165, 1.54) is 0 Å². The highest BCUT2D eigenvalue weighted by molar-refractivity contribution is 6.32. The third kappa shape index (κ3) is 2.39. The molecule has 0 bridgehead atoms. The molecule has 1 fully saturated rings. The van der Waals surface area contributed by atoms with Crippen molar-refractivity contribution in [3.63, 3.8) is 0 Å². The van der Waals surface area contributed by atoms with Gasteiger partial charge in [0.2, 0.25) is 0 Å². The van der Waals surface area contributed by atoms with Gasteiger partial charge in [-0.05, 0) is 13.8 Å². The molecule has 5 heteroatoms. The minimum atomic E-state index is 0.461. The van der Waals surface area contributed by atoms with Crippen molar-refractivity contribution in [2.75, 3.05) is 23.7 Å². The van der Waals surface area contributed by atoms with Crippen LogP contribution in [0.25, 0.3) is 0 Å². The summed E-state index contributed by atoms with van der Waals surface area (Å²) < 4.78 is 0. The van der Waals surface area contributed by atoms with Crippen molar-refractivity contribution in [2.45, 2.75) is 25.9 Å². The monoisotopic (exact) mass is 240 g/mol. The van der Waals surface area contributed by atoms with Gasteiger partial charge in [0.15, 0.2) is 0 Å². The van der Waals surface area contributed by atoms with Crippen LogP contribution >= 0.6 is 11.6 Å². The minimum Gasteiger partial charge on any atom is -0.397 e. The summed E-state index contributed by atoms with van der Waals surface area (Å²) in [6.07, 6.45) is 1.61. The van der Waals surface area contributed by atoms with Crippen LogP contribution in [0.4, 0.5) is 11.5 Å². The van der Waals surface area contributed by atoms with E-state index in [4.69, 9.17) is 17.3 Å². The summed E-state index contributed by atoms with van der Waals surface area (Å²) in [7, 11) is 0. The molecule has 1 saturated heterocycles. The lowest BCUT2D eigenvalue weighted by molar-refractivity contribution is 0.405. The summed E-state index contributed by atoms with van der Waals surface area (Å²) in [5, 5.41) is 3.99. The quantitative estimate of drug-likeness (QED) is 0.781. The highest BCUT2D eigenvalue weighted by Gasteiger charge is 2.22. The molecule has 2 rings (SSSR count). The second-order valence-corrected chi connectivity index (χ2v) is 4.84. The second kappa shape index (κ2) is 4.47. The molecule has 0 aliphatic carbocycles. The molecule has 88 valence electrons. The lowest BCUT2D eigenvalue weighted by Gasteiger charge is -2.37. The Bertz CT molecular complexity index is 372. The van der Waals surface area contributed by atoms with Crippen LogP contribution in [0, 0.1) is 0 Å². The van der Waals surface area contributed by atoms with Gasteiger partial charge in [-0.25, -0.2) is 4.98 Å². The molecule has 1 aliphatic rings. The number of nitrogen functional groups attached to an aromatic ring is 1. The van der Waals surface area contributed by atoms with Crippen LogP contribution in [0.5, 0.6) is 0 Å². The number of nitrogens with one attached hydrogen (secondary N) is 1. The molecule has 0 amide bonds. The zero-order chi connectivity index (χ0) is 11.7. The van der Waals surface area contributed by atoms with Crippen LogP contribution in [0.3, 0.4) is 0 Å². The predicted octanol–water partition coefficient (Wildman–Crippen LogP) is 1.50. The van der Waals surface area contributed by atoms with Crippen molar-refractivity contribution in [2.24, 2.45) is 0 Å². The number of hydrogen-bond donors (Lipinski definition) is 2. The van der Waals surface area contributed by atoms with Gasteiger partial charge in [0.05, 0.1) is 10.7 Å². The van der Waals surface area contributed by atoms with Gasteiger partial charge in [0, 0.05) is 37.4 Å². The fraction of sp³-hybridized carbons (Fsp3) is 0.545. The molecule has 4 nitrogen and oxygen atoms in total. The van der Waals surface area contributed by atoms with Crippen molar-refractivity contribution in [3.8, 4) is 0 Å². The van der Waals surface area contributed by atoms with E-state index in [0.717, 1.165) is 18.9 Å². The Hall–Kier alpha value is -1.00. The highest BCUT2D eigenvalue weighted by Crippen LogP contribution is 2.23. The van der Waals surface area contributed by atoms with E-state index in [1.807, 2.05) is 6.07 Å². The zero-order valence-corrected chi connectivity index (χ0v) is 10.3. The van der Waals surface area contributed by atoms with Crippen LogP contribution in [0.2, 0.25) is 5.02 Å². The van der Waals surface area contributed by atoms with Gasteiger partial charge in [-0.2, -0.15) is 0 Å². The van der Waals surface area contributed by atoms with Gasteiger partial charge in [0.1, 0.15) is 5.82 Å². The number of nitrogens with zero attached hydrogens (tertiary/aromatic N) is 2. The van der Waals surface area contributed by atoms with Gasteiger partial charge in [0.25, 0.3) is 0 Å². The van der Waals surface area contributed by atoms with Crippen LogP contribution < -0.4 is 16.0 Å². The number of nitrogens with two attached hydrogens (primary N) is 1. The normalized spacial score (nSPS) is 25.8. The molecular weight excluding hydrogens is 224 g/mol. The molecule has 1 aromatic rings. The van der Waals surface area contributed by atoms with Gasteiger partial charge in [-0.1, -0.05) is 11.6 Å². The molecule has 3 N–H and O–H groups in total. The maximum Gasteiger partial charge on any atom is 0.130 e. The first kappa shape index (κ1) is 11.5. The summed E-state index contributed by atoms with van der Waals surface area (Å²) in [6.45, 7) is 6.22. The third-order valence-electron chi connectivity index (χ3n) is 2.75. The maximum atomic E-state index is 5.86. The van der Waals surface area contributed by atoms with Crippen molar-refractivity contribution in [3.05, 3.63) is 17.3 Å². The van der Waals surface area contributed by atoms with E-state index >= 15 is 0 Å². The van der Waals surface area contributed by atoms with Gasteiger partial charge in [-0.3, -0.25) is 0 Å². The molecule has 2 heterocycles. The molecule has 0 spiro atoms. The lowest BCUT2D eigenvalue weighted by atomic mass is 10.1. The molecule has 0 aromatic carbocycles. The van der Waals surface area contributed by atoms with Crippen LogP contribution in [0.1, 0.15) is 13.8 Å². The Balaban J connectivity index is 2.19. The molecule has 16 heavy (non-hydrogen) atoms. The SMILES string of the molecule is C[C@@H]1CN(c2cc(N)c(Cl)cn2)C[C@H](C)N1.